The van der Waals surface area contributed by atoms with Crippen molar-refractivity contribution in [2.75, 3.05) is 0 Å². The number of amides is 1. The van der Waals surface area contributed by atoms with E-state index in [9.17, 15) is 49.1 Å². The lowest BCUT2D eigenvalue weighted by molar-refractivity contribution is -0.292. The minimum absolute atomic E-state index is 0.213. The van der Waals surface area contributed by atoms with Crippen molar-refractivity contribution in [1.82, 2.24) is 14.9 Å². The minimum Gasteiger partial charge on any atom is -0.343 e. The van der Waals surface area contributed by atoms with Crippen molar-refractivity contribution >= 4 is 28.5 Å². The Labute approximate surface area is 194 Å². The lowest BCUT2D eigenvalue weighted by atomic mass is 10.1. The summed E-state index contributed by atoms with van der Waals surface area (Å²) >= 11 is 5.57. The van der Waals surface area contributed by atoms with Gasteiger partial charge < -0.3 is 5.32 Å². The first-order valence-corrected chi connectivity index (χ1v) is 9.79. The van der Waals surface area contributed by atoms with Gasteiger partial charge in [0.2, 0.25) is 5.43 Å². The fraction of sp³-hybridized carbons (Fsp3) is 0.250. The Hall–Kier alpha value is -3.29. The number of benzene rings is 1. The predicted molar refractivity (Wildman–Crippen MR) is 105 cm³/mol. The molecule has 5 nitrogen and oxygen atoms in total. The van der Waals surface area contributed by atoms with Gasteiger partial charge in [-0.3, -0.25) is 14.2 Å². The second-order valence-electron chi connectivity index (χ2n) is 7.15. The van der Waals surface area contributed by atoms with Crippen LogP contribution in [-0.4, -0.2) is 33.6 Å². The lowest BCUT2D eigenvalue weighted by Crippen LogP contribution is -2.55. The molecule has 0 spiro atoms. The fourth-order valence-corrected chi connectivity index (χ4v) is 3.32. The topological polar surface area (TPSA) is 64.0 Å². The maximum absolute atomic E-state index is 14.5. The maximum Gasteiger partial charge on any atom is 0.455 e. The standard InChI is InChI=1S/C20H11ClF9N3O2/c1-2-13(19(26,27)20(28,29)30)31-18(35)9-6-33(14-10(23)3-7(22)4-11(14)24)17-8(15(9)34)5-12(25)16(21)32-17/h3-6,13H,2H2,1H3,(H,31,35). The second-order valence-corrected chi connectivity index (χ2v) is 7.51. The van der Waals surface area contributed by atoms with E-state index < -0.39 is 86.6 Å². The Kier molecular flexibility index (Phi) is 6.81. The number of nitrogens with one attached hydrogen (secondary N) is 1. The Balaban J connectivity index is 2.29. The van der Waals surface area contributed by atoms with Crippen molar-refractivity contribution in [2.24, 2.45) is 0 Å². The second kappa shape index (κ2) is 9.06. The molecule has 0 aliphatic rings. The van der Waals surface area contributed by atoms with Gasteiger partial charge in [-0.15, -0.1) is 0 Å². The quantitative estimate of drug-likeness (QED) is 0.359. The number of pyridine rings is 2. The van der Waals surface area contributed by atoms with E-state index in [0.29, 0.717) is 16.8 Å². The molecule has 0 saturated carbocycles. The Bertz CT molecular complexity index is 1370. The molecule has 0 aliphatic carbocycles. The van der Waals surface area contributed by atoms with Crippen LogP contribution < -0.4 is 10.7 Å². The van der Waals surface area contributed by atoms with Crippen LogP contribution in [0.3, 0.4) is 0 Å². The predicted octanol–water partition coefficient (Wildman–Crippen LogP) is 5.30. The molecule has 2 heterocycles. The summed E-state index contributed by atoms with van der Waals surface area (Å²) in [6, 6.07) is -1.99. The van der Waals surface area contributed by atoms with Crippen molar-refractivity contribution in [3.8, 4) is 5.69 Å². The molecule has 0 fully saturated rings. The average molecular weight is 532 g/mol. The number of carbonyl (C=O) groups excluding carboxylic acids is 1. The number of carbonyl (C=O) groups is 1. The zero-order chi connectivity index (χ0) is 26.5. The van der Waals surface area contributed by atoms with E-state index in [0.717, 1.165) is 6.92 Å². The van der Waals surface area contributed by atoms with Crippen LogP contribution in [0.25, 0.3) is 16.7 Å². The first-order chi connectivity index (χ1) is 16.1. The molecule has 188 valence electrons. The highest BCUT2D eigenvalue weighted by molar-refractivity contribution is 6.29. The fourth-order valence-electron chi connectivity index (χ4n) is 3.18. The smallest absolute Gasteiger partial charge is 0.343 e. The minimum atomic E-state index is -6.06. The SMILES string of the molecule is CCC(NC(=O)c1cn(-c2c(F)cc(F)cc2F)c2nc(Cl)c(F)cc2c1=O)C(F)(F)C(F)(F)F. The highest BCUT2D eigenvalue weighted by atomic mass is 35.5. The molecule has 1 atom stereocenters. The van der Waals surface area contributed by atoms with E-state index in [1.54, 1.807) is 0 Å². The molecule has 3 aromatic rings. The maximum atomic E-state index is 14.5. The number of fused-ring (bicyclic) bond motifs is 1. The summed E-state index contributed by atoms with van der Waals surface area (Å²) in [7, 11) is 0. The molecule has 35 heavy (non-hydrogen) atoms. The largest absolute Gasteiger partial charge is 0.455 e. The van der Waals surface area contributed by atoms with E-state index in [1.807, 2.05) is 0 Å². The Morgan fingerprint density at radius 3 is 2.14 bits per heavy atom. The van der Waals surface area contributed by atoms with Crippen LogP contribution in [0.15, 0.2) is 29.2 Å². The number of hydrogen-bond acceptors (Lipinski definition) is 3. The van der Waals surface area contributed by atoms with Gasteiger partial charge in [0.25, 0.3) is 5.91 Å². The van der Waals surface area contributed by atoms with Gasteiger partial charge in [-0.2, -0.15) is 22.0 Å². The summed E-state index contributed by atoms with van der Waals surface area (Å²) < 4.78 is 122. The van der Waals surface area contributed by atoms with Gasteiger partial charge in [-0.05, 0) is 12.5 Å². The lowest BCUT2D eigenvalue weighted by Gasteiger charge is -2.28. The molecule has 1 aromatic carbocycles. The third-order valence-electron chi connectivity index (χ3n) is 4.89. The molecule has 1 N–H and O–H groups in total. The van der Waals surface area contributed by atoms with Crippen molar-refractivity contribution < 1.29 is 44.3 Å². The molecule has 0 saturated heterocycles. The number of hydrogen-bond donors (Lipinski definition) is 1. The van der Waals surface area contributed by atoms with Crippen LogP contribution >= 0.6 is 11.6 Å². The summed E-state index contributed by atoms with van der Waals surface area (Å²) in [5.74, 6) is -13.1. The molecule has 0 radical (unpaired) electrons. The summed E-state index contributed by atoms with van der Waals surface area (Å²) in [5.41, 5.74) is -4.48. The van der Waals surface area contributed by atoms with Crippen LogP contribution in [0.1, 0.15) is 23.7 Å². The number of aromatic nitrogens is 2. The molecule has 3 rings (SSSR count). The normalized spacial score (nSPS) is 13.2. The van der Waals surface area contributed by atoms with Crippen LogP contribution in [0.5, 0.6) is 0 Å². The average Bonchev–Trinajstić information content (AvgIpc) is 2.73. The zero-order valence-corrected chi connectivity index (χ0v) is 17.8. The van der Waals surface area contributed by atoms with Crippen LogP contribution in [0.4, 0.5) is 39.5 Å². The van der Waals surface area contributed by atoms with Crippen molar-refractivity contribution in [3.05, 3.63) is 68.6 Å². The van der Waals surface area contributed by atoms with Crippen LogP contribution in [-0.2, 0) is 0 Å². The number of halogens is 10. The van der Waals surface area contributed by atoms with Crippen molar-refractivity contribution in [3.63, 3.8) is 0 Å². The molecule has 2 aromatic heterocycles. The Morgan fingerprint density at radius 2 is 1.63 bits per heavy atom. The van der Waals surface area contributed by atoms with E-state index in [1.165, 1.54) is 5.32 Å². The monoisotopic (exact) mass is 531 g/mol. The van der Waals surface area contributed by atoms with E-state index in [-0.39, 0.29) is 12.1 Å². The van der Waals surface area contributed by atoms with Gasteiger partial charge in [0.15, 0.2) is 28.3 Å². The highest BCUT2D eigenvalue weighted by Crippen LogP contribution is 2.39. The third-order valence-corrected chi connectivity index (χ3v) is 5.15. The highest BCUT2D eigenvalue weighted by Gasteiger charge is 2.62. The molecular formula is C20H11ClF9N3O2. The molecule has 1 unspecified atom stereocenters. The van der Waals surface area contributed by atoms with Gasteiger partial charge in [0, 0.05) is 18.3 Å². The van der Waals surface area contributed by atoms with Crippen molar-refractivity contribution in [1.29, 1.82) is 0 Å². The summed E-state index contributed by atoms with van der Waals surface area (Å²) in [6.45, 7) is 0.897. The Morgan fingerprint density at radius 1 is 1.06 bits per heavy atom. The molecule has 1 amide bonds. The van der Waals surface area contributed by atoms with Gasteiger partial charge in [0.05, 0.1) is 5.39 Å². The first kappa shape index (κ1) is 26.3. The van der Waals surface area contributed by atoms with Gasteiger partial charge >= 0.3 is 12.1 Å². The molecule has 0 bridgehead atoms. The molecule has 0 aliphatic heterocycles. The van der Waals surface area contributed by atoms with Crippen LogP contribution in [0, 0.1) is 23.3 Å². The number of alkyl halides is 5. The van der Waals surface area contributed by atoms with Gasteiger partial charge in [-0.1, -0.05) is 18.5 Å². The summed E-state index contributed by atoms with van der Waals surface area (Å²) in [5, 5.41) is -0.340. The summed E-state index contributed by atoms with van der Waals surface area (Å²) in [4.78, 5) is 28.9. The van der Waals surface area contributed by atoms with E-state index in [2.05, 4.69) is 4.98 Å². The van der Waals surface area contributed by atoms with E-state index >= 15 is 0 Å². The summed E-state index contributed by atoms with van der Waals surface area (Å²) in [6.07, 6.45) is -6.62. The first-order valence-electron chi connectivity index (χ1n) is 9.41. The number of rotatable bonds is 5. The van der Waals surface area contributed by atoms with Gasteiger partial charge in [-0.25, -0.2) is 22.5 Å². The van der Waals surface area contributed by atoms with E-state index in [4.69, 9.17) is 11.6 Å². The zero-order valence-electron chi connectivity index (χ0n) is 17.1. The number of nitrogens with zero attached hydrogens (tertiary/aromatic N) is 2. The van der Waals surface area contributed by atoms with Gasteiger partial charge in [0.1, 0.15) is 23.1 Å². The third kappa shape index (κ3) is 4.66. The van der Waals surface area contributed by atoms with Crippen LogP contribution in [0.2, 0.25) is 5.15 Å². The van der Waals surface area contributed by atoms with Crippen molar-refractivity contribution in [2.45, 2.75) is 31.5 Å². The molecule has 15 heteroatoms. The molecular weight excluding hydrogens is 521 g/mol.